The summed E-state index contributed by atoms with van der Waals surface area (Å²) in [6.07, 6.45) is 9.49. The SMILES string of the molecule is CCNC(=NCC1(SC)CCOCC1)N1CCCC2(CCCOC2)C1. The lowest BCUT2D eigenvalue weighted by atomic mass is 9.76. The number of piperidine rings is 1. The van der Waals surface area contributed by atoms with Gasteiger partial charge in [-0.25, -0.2) is 0 Å². The Labute approximate surface area is 157 Å². The summed E-state index contributed by atoms with van der Waals surface area (Å²) in [6.45, 7) is 9.79. The molecule has 3 heterocycles. The van der Waals surface area contributed by atoms with E-state index in [1.807, 2.05) is 11.8 Å². The molecule has 0 amide bonds. The second-order valence-corrected chi connectivity index (χ2v) is 9.13. The Morgan fingerprint density at radius 3 is 2.60 bits per heavy atom. The Balaban J connectivity index is 1.68. The van der Waals surface area contributed by atoms with E-state index in [9.17, 15) is 0 Å². The van der Waals surface area contributed by atoms with Crippen LogP contribution in [0.3, 0.4) is 0 Å². The van der Waals surface area contributed by atoms with Crippen LogP contribution in [0.1, 0.15) is 45.4 Å². The van der Waals surface area contributed by atoms with Gasteiger partial charge in [0.25, 0.3) is 0 Å². The number of ether oxygens (including phenoxy) is 2. The van der Waals surface area contributed by atoms with E-state index < -0.39 is 0 Å². The minimum Gasteiger partial charge on any atom is -0.381 e. The first-order chi connectivity index (χ1) is 12.2. The second kappa shape index (κ2) is 8.96. The van der Waals surface area contributed by atoms with E-state index in [0.29, 0.717) is 5.41 Å². The van der Waals surface area contributed by atoms with Crippen molar-refractivity contribution in [2.75, 3.05) is 58.9 Å². The maximum atomic E-state index is 5.84. The van der Waals surface area contributed by atoms with Crippen LogP contribution in [0, 0.1) is 5.41 Å². The molecule has 1 N–H and O–H groups in total. The highest BCUT2D eigenvalue weighted by atomic mass is 32.2. The van der Waals surface area contributed by atoms with E-state index in [0.717, 1.165) is 71.4 Å². The molecule has 1 spiro atoms. The zero-order valence-electron chi connectivity index (χ0n) is 16.0. The lowest BCUT2D eigenvalue weighted by Gasteiger charge is -2.46. The normalized spacial score (nSPS) is 30.5. The Hall–Kier alpha value is -0.460. The highest BCUT2D eigenvalue weighted by Crippen LogP contribution is 2.38. The molecule has 3 rings (SSSR count). The molecule has 6 heteroatoms. The zero-order chi connectivity index (χ0) is 17.6. The zero-order valence-corrected chi connectivity index (χ0v) is 16.8. The number of aliphatic imine (C=N–C) groups is 1. The molecule has 0 aliphatic carbocycles. The van der Waals surface area contributed by atoms with Gasteiger partial charge in [0.05, 0.1) is 13.2 Å². The summed E-state index contributed by atoms with van der Waals surface area (Å²) in [5.74, 6) is 1.10. The van der Waals surface area contributed by atoms with Crippen LogP contribution < -0.4 is 5.32 Å². The van der Waals surface area contributed by atoms with E-state index in [4.69, 9.17) is 14.5 Å². The molecule has 0 bridgehead atoms. The summed E-state index contributed by atoms with van der Waals surface area (Å²) < 4.78 is 11.7. The molecular formula is C19H35N3O2S. The first-order valence-corrected chi connectivity index (χ1v) is 11.2. The molecule has 144 valence electrons. The van der Waals surface area contributed by atoms with Crippen molar-refractivity contribution in [3.05, 3.63) is 0 Å². The van der Waals surface area contributed by atoms with Crippen molar-refractivity contribution in [1.82, 2.24) is 10.2 Å². The number of rotatable bonds is 4. The molecule has 0 saturated carbocycles. The Kier molecular flexibility index (Phi) is 6.92. The van der Waals surface area contributed by atoms with Crippen molar-refractivity contribution < 1.29 is 9.47 Å². The van der Waals surface area contributed by atoms with Gasteiger partial charge in [0.2, 0.25) is 0 Å². The van der Waals surface area contributed by atoms with Crippen molar-refractivity contribution >= 4 is 17.7 Å². The predicted molar refractivity (Wildman–Crippen MR) is 106 cm³/mol. The summed E-state index contributed by atoms with van der Waals surface area (Å²) in [5.41, 5.74) is 0.350. The predicted octanol–water partition coefficient (Wildman–Crippen LogP) is 2.76. The van der Waals surface area contributed by atoms with Crippen LogP contribution in [0.2, 0.25) is 0 Å². The maximum Gasteiger partial charge on any atom is 0.193 e. The van der Waals surface area contributed by atoms with Gasteiger partial charge in [-0.15, -0.1) is 0 Å². The summed E-state index contributed by atoms with van der Waals surface area (Å²) >= 11 is 1.97. The first kappa shape index (κ1) is 19.3. The molecule has 0 radical (unpaired) electrons. The van der Waals surface area contributed by atoms with Gasteiger partial charge in [0, 0.05) is 49.6 Å². The average Bonchev–Trinajstić information content (AvgIpc) is 2.66. The topological polar surface area (TPSA) is 46.1 Å². The Morgan fingerprint density at radius 2 is 1.92 bits per heavy atom. The number of guanidine groups is 1. The third-order valence-corrected chi connectivity index (χ3v) is 7.46. The minimum atomic E-state index is 0.250. The van der Waals surface area contributed by atoms with Gasteiger partial charge in [0.1, 0.15) is 0 Å². The molecule has 3 aliphatic heterocycles. The number of nitrogens with zero attached hydrogens (tertiary/aromatic N) is 2. The van der Waals surface area contributed by atoms with E-state index in [2.05, 4.69) is 23.4 Å². The first-order valence-electron chi connectivity index (χ1n) is 9.95. The van der Waals surface area contributed by atoms with Gasteiger partial charge < -0.3 is 19.7 Å². The van der Waals surface area contributed by atoms with Gasteiger partial charge in [-0.05, 0) is 51.7 Å². The Morgan fingerprint density at radius 1 is 1.12 bits per heavy atom. The largest absolute Gasteiger partial charge is 0.381 e. The highest BCUT2D eigenvalue weighted by molar-refractivity contribution is 8.00. The van der Waals surface area contributed by atoms with Crippen molar-refractivity contribution in [2.45, 2.75) is 50.2 Å². The summed E-state index contributed by atoms with van der Waals surface area (Å²) in [7, 11) is 0. The van der Waals surface area contributed by atoms with E-state index in [1.165, 1.54) is 25.7 Å². The standard InChI is InChI=1S/C19H35N3O2S/c1-3-20-17(21-14-19(25-2)8-12-23-13-9-19)22-10-4-6-18(15-22)7-5-11-24-16-18/h3-16H2,1-2H3,(H,20,21). The van der Waals surface area contributed by atoms with E-state index >= 15 is 0 Å². The van der Waals surface area contributed by atoms with Crippen molar-refractivity contribution in [2.24, 2.45) is 10.4 Å². The quantitative estimate of drug-likeness (QED) is 0.610. The number of nitrogens with one attached hydrogen (secondary N) is 1. The fourth-order valence-electron chi connectivity index (χ4n) is 4.44. The van der Waals surface area contributed by atoms with E-state index in [-0.39, 0.29) is 4.75 Å². The van der Waals surface area contributed by atoms with Crippen LogP contribution in [0.4, 0.5) is 0 Å². The number of hydrogen-bond acceptors (Lipinski definition) is 4. The van der Waals surface area contributed by atoms with Crippen LogP contribution in [-0.2, 0) is 9.47 Å². The van der Waals surface area contributed by atoms with Gasteiger partial charge in [-0.3, -0.25) is 4.99 Å². The average molecular weight is 370 g/mol. The highest BCUT2D eigenvalue weighted by Gasteiger charge is 2.38. The van der Waals surface area contributed by atoms with Crippen molar-refractivity contribution in [3.8, 4) is 0 Å². The summed E-state index contributed by atoms with van der Waals surface area (Å²) in [6, 6.07) is 0. The van der Waals surface area contributed by atoms with Gasteiger partial charge in [-0.1, -0.05) is 0 Å². The maximum absolute atomic E-state index is 5.84. The van der Waals surface area contributed by atoms with Gasteiger partial charge >= 0.3 is 0 Å². The van der Waals surface area contributed by atoms with Gasteiger partial charge in [0.15, 0.2) is 5.96 Å². The fourth-order valence-corrected chi connectivity index (χ4v) is 5.20. The summed E-state index contributed by atoms with van der Waals surface area (Å²) in [4.78, 5) is 7.59. The monoisotopic (exact) mass is 369 g/mol. The number of thioether (sulfide) groups is 1. The smallest absolute Gasteiger partial charge is 0.193 e. The molecule has 0 aromatic rings. The van der Waals surface area contributed by atoms with Crippen LogP contribution in [0.25, 0.3) is 0 Å². The third kappa shape index (κ3) is 4.83. The minimum absolute atomic E-state index is 0.250. The second-order valence-electron chi connectivity index (χ2n) is 7.85. The van der Waals surface area contributed by atoms with Crippen LogP contribution in [-0.4, -0.2) is 74.5 Å². The molecule has 25 heavy (non-hydrogen) atoms. The van der Waals surface area contributed by atoms with Crippen molar-refractivity contribution in [1.29, 1.82) is 0 Å². The molecule has 5 nitrogen and oxygen atoms in total. The third-order valence-electron chi connectivity index (χ3n) is 6.05. The molecule has 0 aromatic heterocycles. The Bertz CT molecular complexity index is 440. The lowest BCUT2D eigenvalue weighted by molar-refractivity contribution is -0.0370. The summed E-state index contributed by atoms with van der Waals surface area (Å²) in [5, 5.41) is 3.55. The van der Waals surface area contributed by atoms with Gasteiger partial charge in [-0.2, -0.15) is 11.8 Å². The number of likely N-dealkylation sites (tertiary alicyclic amines) is 1. The van der Waals surface area contributed by atoms with E-state index in [1.54, 1.807) is 0 Å². The molecule has 3 saturated heterocycles. The number of hydrogen-bond donors (Lipinski definition) is 1. The van der Waals surface area contributed by atoms with Crippen LogP contribution in [0.15, 0.2) is 4.99 Å². The molecule has 3 fully saturated rings. The molecule has 1 atom stereocenters. The fraction of sp³-hybridized carbons (Fsp3) is 0.947. The molecule has 0 aromatic carbocycles. The lowest BCUT2D eigenvalue weighted by Crippen LogP contribution is -2.53. The van der Waals surface area contributed by atoms with Crippen LogP contribution in [0.5, 0.6) is 0 Å². The molecular weight excluding hydrogens is 334 g/mol. The molecule has 1 unspecified atom stereocenters. The molecule has 3 aliphatic rings. The van der Waals surface area contributed by atoms with Crippen molar-refractivity contribution in [3.63, 3.8) is 0 Å². The van der Waals surface area contributed by atoms with Crippen LogP contribution >= 0.6 is 11.8 Å².